The van der Waals surface area contributed by atoms with Gasteiger partial charge in [-0.05, 0) is 26.0 Å². The Morgan fingerprint density at radius 1 is 1.30 bits per heavy atom. The molecule has 0 amide bonds. The maximum Gasteiger partial charge on any atom is 0.338 e. The molecule has 0 radical (unpaired) electrons. The van der Waals surface area contributed by atoms with E-state index in [-0.39, 0.29) is 0 Å². The first kappa shape index (κ1) is 16.4. The maximum absolute atomic E-state index is 12.3. The Morgan fingerprint density at radius 2 is 2.00 bits per heavy atom. The highest BCUT2D eigenvalue weighted by Crippen LogP contribution is 2.39. The number of fused-ring (bicyclic) bond motifs is 1. The lowest BCUT2D eigenvalue weighted by molar-refractivity contribution is -0.227. The van der Waals surface area contributed by atoms with E-state index >= 15 is 0 Å². The van der Waals surface area contributed by atoms with E-state index in [1.54, 1.807) is 44.2 Å². The number of hydrogen-bond donors (Lipinski definition) is 2. The summed E-state index contributed by atoms with van der Waals surface area (Å²) in [5.74, 6) is -1.43. The molecule has 7 nitrogen and oxygen atoms in total. The zero-order valence-corrected chi connectivity index (χ0v) is 12.9. The monoisotopic (exact) mass is 324 g/mol. The third-order valence-corrected chi connectivity index (χ3v) is 3.85. The summed E-state index contributed by atoms with van der Waals surface area (Å²) in [7, 11) is 0. The van der Waals surface area contributed by atoms with Crippen molar-refractivity contribution in [1.29, 1.82) is 0 Å². The maximum atomic E-state index is 12.3. The first-order valence-corrected chi connectivity index (χ1v) is 7.47. The molecule has 2 N–H and O–H groups in total. The van der Waals surface area contributed by atoms with Crippen LogP contribution in [0.1, 0.15) is 24.2 Å². The van der Waals surface area contributed by atoms with Crippen LogP contribution in [0.25, 0.3) is 0 Å². The first-order chi connectivity index (χ1) is 10.9. The number of ether oxygens (including phenoxy) is 4. The van der Waals surface area contributed by atoms with E-state index in [1.807, 2.05) is 0 Å². The van der Waals surface area contributed by atoms with E-state index in [0.29, 0.717) is 5.56 Å². The molecule has 5 atom stereocenters. The van der Waals surface area contributed by atoms with Crippen molar-refractivity contribution in [3.63, 3.8) is 0 Å². The van der Waals surface area contributed by atoms with Gasteiger partial charge < -0.3 is 29.2 Å². The molecule has 2 aliphatic rings. The van der Waals surface area contributed by atoms with Gasteiger partial charge in [-0.3, -0.25) is 0 Å². The summed E-state index contributed by atoms with van der Waals surface area (Å²) < 4.78 is 22.4. The van der Waals surface area contributed by atoms with Crippen LogP contribution in [-0.4, -0.2) is 59.3 Å². The predicted molar refractivity (Wildman–Crippen MR) is 77.4 cm³/mol. The van der Waals surface area contributed by atoms with Crippen LogP contribution in [0.4, 0.5) is 0 Å². The molecular formula is C16H20O7. The highest BCUT2D eigenvalue weighted by atomic mass is 16.8. The van der Waals surface area contributed by atoms with Crippen LogP contribution >= 0.6 is 0 Å². The molecule has 0 saturated carbocycles. The third-order valence-electron chi connectivity index (χ3n) is 3.85. The molecule has 0 spiro atoms. The lowest BCUT2D eigenvalue weighted by atomic mass is 10.1. The average Bonchev–Trinajstić information content (AvgIpc) is 3.00. The van der Waals surface area contributed by atoms with Crippen molar-refractivity contribution in [2.24, 2.45) is 0 Å². The quantitative estimate of drug-likeness (QED) is 0.776. The van der Waals surface area contributed by atoms with Crippen molar-refractivity contribution in [1.82, 2.24) is 0 Å². The standard InChI is InChI=1S/C16H20O7/c1-16(2)22-13-12(11(10(18)8-17)21-15(13)23-16)20-14(19)9-6-4-3-5-7-9/h3-7,10-13,15,17-18H,8H2,1-2H3/t10-,11-,12+,13-,15?/m1/s1. The minimum absolute atomic E-state index is 0.381. The number of carbonyl (C=O) groups excluding carboxylic acids is 1. The van der Waals surface area contributed by atoms with Gasteiger partial charge in [0.2, 0.25) is 0 Å². The molecule has 2 saturated heterocycles. The molecule has 2 fully saturated rings. The second kappa shape index (κ2) is 6.18. The number of rotatable bonds is 4. The van der Waals surface area contributed by atoms with E-state index in [9.17, 15) is 15.0 Å². The second-order valence-electron chi connectivity index (χ2n) is 6.06. The Morgan fingerprint density at radius 3 is 2.65 bits per heavy atom. The summed E-state index contributed by atoms with van der Waals surface area (Å²) in [6.45, 7) is 2.93. The van der Waals surface area contributed by atoms with Crippen LogP contribution in [0.15, 0.2) is 30.3 Å². The normalized spacial score (nSPS) is 33.2. The van der Waals surface area contributed by atoms with Crippen LogP contribution in [0.2, 0.25) is 0 Å². The molecule has 126 valence electrons. The highest BCUT2D eigenvalue weighted by molar-refractivity contribution is 5.89. The van der Waals surface area contributed by atoms with E-state index in [0.717, 1.165) is 0 Å². The topological polar surface area (TPSA) is 94.5 Å². The summed E-state index contributed by atoms with van der Waals surface area (Å²) in [5.41, 5.74) is 0.381. The van der Waals surface area contributed by atoms with Crippen molar-refractivity contribution in [3.05, 3.63) is 35.9 Å². The lowest BCUT2D eigenvalue weighted by Crippen LogP contribution is -2.45. The molecule has 0 aliphatic carbocycles. The number of carbonyl (C=O) groups is 1. The minimum atomic E-state index is -1.20. The van der Waals surface area contributed by atoms with Crippen molar-refractivity contribution < 1.29 is 34.0 Å². The zero-order valence-electron chi connectivity index (χ0n) is 12.9. The van der Waals surface area contributed by atoms with Crippen molar-refractivity contribution in [2.75, 3.05) is 6.61 Å². The van der Waals surface area contributed by atoms with Crippen LogP contribution in [0, 0.1) is 0 Å². The number of esters is 1. The zero-order chi connectivity index (χ0) is 16.6. The van der Waals surface area contributed by atoms with Gasteiger partial charge in [-0.1, -0.05) is 18.2 Å². The van der Waals surface area contributed by atoms with Gasteiger partial charge in [0.25, 0.3) is 0 Å². The molecule has 1 aromatic carbocycles. The fourth-order valence-corrected chi connectivity index (χ4v) is 2.82. The highest BCUT2D eigenvalue weighted by Gasteiger charge is 2.58. The Bertz CT molecular complexity index is 559. The van der Waals surface area contributed by atoms with Gasteiger partial charge in [-0.25, -0.2) is 4.79 Å². The molecule has 2 aliphatic heterocycles. The number of benzene rings is 1. The molecule has 3 rings (SSSR count). The van der Waals surface area contributed by atoms with Crippen LogP contribution in [0.5, 0.6) is 0 Å². The van der Waals surface area contributed by atoms with E-state index in [2.05, 4.69) is 0 Å². The van der Waals surface area contributed by atoms with Crippen molar-refractivity contribution in [2.45, 2.75) is 50.3 Å². The van der Waals surface area contributed by atoms with Crippen LogP contribution in [0.3, 0.4) is 0 Å². The Kier molecular flexibility index (Phi) is 4.39. The summed E-state index contributed by atoms with van der Waals surface area (Å²) in [6, 6.07) is 8.50. The van der Waals surface area contributed by atoms with E-state index in [1.165, 1.54) is 0 Å². The van der Waals surface area contributed by atoms with Crippen LogP contribution < -0.4 is 0 Å². The van der Waals surface area contributed by atoms with Gasteiger partial charge in [-0.2, -0.15) is 0 Å². The molecule has 0 bridgehead atoms. The SMILES string of the molecule is CC1(C)OC2O[C@H]([C@H](O)CO)[C@H](OC(=O)c3ccccc3)[C@H]2O1. The lowest BCUT2D eigenvalue weighted by Gasteiger charge is -2.27. The third kappa shape index (κ3) is 3.24. The predicted octanol–water partition coefficient (Wildman–Crippen LogP) is 0.442. The van der Waals surface area contributed by atoms with Gasteiger partial charge in [0, 0.05) is 0 Å². The number of aliphatic hydroxyl groups is 2. The summed E-state index contributed by atoms with van der Waals surface area (Å²) in [5, 5.41) is 19.1. The van der Waals surface area contributed by atoms with Gasteiger partial charge in [0.05, 0.1) is 12.2 Å². The van der Waals surface area contributed by atoms with Gasteiger partial charge >= 0.3 is 5.97 Å². The molecule has 1 aromatic rings. The molecule has 2 heterocycles. The molecule has 7 heteroatoms. The smallest absolute Gasteiger partial charge is 0.338 e. The molecule has 23 heavy (non-hydrogen) atoms. The first-order valence-electron chi connectivity index (χ1n) is 7.47. The Balaban J connectivity index is 1.79. The molecular weight excluding hydrogens is 304 g/mol. The van der Waals surface area contributed by atoms with Gasteiger partial charge in [0.1, 0.15) is 12.2 Å². The van der Waals surface area contributed by atoms with Crippen molar-refractivity contribution in [3.8, 4) is 0 Å². The summed E-state index contributed by atoms with van der Waals surface area (Å²) >= 11 is 0. The second-order valence-corrected chi connectivity index (χ2v) is 6.06. The molecule has 1 unspecified atom stereocenters. The van der Waals surface area contributed by atoms with E-state index in [4.69, 9.17) is 18.9 Å². The van der Waals surface area contributed by atoms with Crippen molar-refractivity contribution >= 4 is 5.97 Å². The summed E-state index contributed by atoms with van der Waals surface area (Å²) in [6.07, 6.45) is -4.42. The average molecular weight is 324 g/mol. The fraction of sp³-hybridized carbons (Fsp3) is 0.562. The van der Waals surface area contributed by atoms with Crippen LogP contribution in [-0.2, 0) is 18.9 Å². The Hall–Kier alpha value is -1.51. The van der Waals surface area contributed by atoms with Gasteiger partial charge in [0.15, 0.2) is 24.3 Å². The summed E-state index contributed by atoms with van der Waals surface area (Å²) in [4.78, 5) is 12.3. The Labute approximate surface area is 133 Å². The number of aliphatic hydroxyl groups excluding tert-OH is 2. The van der Waals surface area contributed by atoms with Gasteiger partial charge in [-0.15, -0.1) is 0 Å². The largest absolute Gasteiger partial charge is 0.453 e. The fourth-order valence-electron chi connectivity index (χ4n) is 2.82. The minimum Gasteiger partial charge on any atom is -0.453 e. The molecule has 0 aromatic heterocycles. The number of hydrogen-bond acceptors (Lipinski definition) is 7. The van der Waals surface area contributed by atoms with E-state index < -0.39 is 49.1 Å².